The molecule has 4 nitrogen and oxygen atoms in total. The van der Waals surface area contributed by atoms with Crippen LogP contribution in [0.4, 0.5) is 0 Å². The summed E-state index contributed by atoms with van der Waals surface area (Å²) in [6.07, 6.45) is 9.21. The van der Waals surface area contributed by atoms with Crippen LogP contribution in [0.15, 0.2) is 24.5 Å². The van der Waals surface area contributed by atoms with Crippen LogP contribution in [-0.4, -0.2) is 34.9 Å². The fourth-order valence-corrected chi connectivity index (χ4v) is 3.60. The van der Waals surface area contributed by atoms with E-state index in [-0.39, 0.29) is 5.91 Å². The molecule has 0 radical (unpaired) electrons. The van der Waals surface area contributed by atoms with Gasteiger partial charge in [-0.3, -0.25) is 9.78 Å². The first-order valence-electron chi connectivity index (χ1n) is 7.59. The summed E-state index contributed by atoms with van der Waals surface area (Å²) in [7, 11) is 1.89. The molecule has 2 saturated heterocycles. The monoisotopic (exact) mass is 273 g/mol. The minimum Gasteiger partial charge on any atom is -0.341 e. The van der Waals surface area contributed by atoms with Crippen LogP contribution in [0.25, 0.3) is 0 Å². The Morgan fingerprint density at radius 1 is 1.40 bits per heavy atom. The average molecular weight is 273 g/mol. The van der Waals surface area contributed by atoms with Gasteiger partial charge in [0, 0.05) is 44.5 Å². The highest BCUT2D eigenvalue weighted by molar-refractivity contribution is 5.76. The molecule has 3 rings (SSSR count). The Bertz CT molecular complexity index is 450. The molecule has 2 aliphatic heterocycles. The summed E-state index contributed by atoms with van der Waals surface area (Å²) in [6, 6.07) is 5.25. The maximum Gasteiger partial charge on any atom is 0.222 e. The zero-order chi connectivity index (χ0) is 13.9. The first-order valence-corrected chi connectivity index (χ1v) is 7.59. The molecule has 2 unspecified atom stereocenters. The summed E-state index contributed by atoms with van der Waals surface area (Å²) in [5.74, 6) is 0.831. The van der Waals surface area contributed by atoms with Gasteiger partial charge in [0.05, 0.1) is 0 Å². The van der Waals surface area contributed by atoms with Crippen molar-refractivity contribution < 1.29 is 4.79 Å². The molecule has 0 aromatic carbocycles. The summed E-state index contributed by atoms with van der Waals surface area (Å²) >= 11 is 0. The molecule has 2 aliphatic rings. The molecule has 1 amide bonds. The van der Waals surface area contributed by atoms with Crippen LogP contribution in [0.2, 0.25) is 0 Å². The van der Waals surface area contributed by atoms with E-state index < -0.39 is 0 Å². The third-order valence-corrected chi connectivity index (χ3v) is 4.60. The first-order chi connectivity index (χ1) is 9.70. The number of amides is 1. The summed E-state index contributed by atoms with van der Waals surface area (Å²) in [5.41, 5.74) is 1.09. The van der Waals surface area contributed by atoms with Gasteiger partial charge in [-0.25, -0.2) is 0 Å². The van der Waals surface area contributed by atoms with Crippen molar-refractivity contribution in [2.45, 2.75) is 50.7 Å². The van der Waals surface area contributed by atoms with Gasteiger partial charge in [-0.2, -0.15) is 0 Å². The summed E-state index contributed by atoms with van der Waals surface area (Å²) in [5, 5.41) is 3.63. The van der Waals surface area contributed by atoms with E-state index in [4.69, 9.17) is 0 Å². The summed E-state index contributed by atoms with van der Waals surface area (Å²) in [4.78, 5) is 18.3. The number of piperidine rings is 1. The number of hydrogen-bond donors (Lipinski definition) is 1. The van der Waals surface area contributed by atoms with Crippen LogP contribution in [0.1, 0.15) is 37.7 Å². The van der Waals surface area contributed by atoms with E-state index in [1.54, 1.807) is 6.20 Å². The summed E-state index contributed by atoms with van der Waals surface area (Å²) in [6.45, 7) is 0.657. The predicted octanol–water partition coefficient (Wildman–Crippen LogP) is 1.96. The molecular weight excluding hydrogens is 250 g/mol. The van der Waals surface area contributed by atoms with Gasteiger partial charge in [0.25, 0.3) is 0 Å². The molecular formula is C16H23N3O. The number of hydrogen-bond acceptors (Lipinski definition) is 3. The van der Waals surface area contributed by atoms with Crippen LogP contribution in [0, 0.1) is 5.92 Å². The van der Waals surface area contributed by atoms with Crippen molar-refractivity contribution in [3.8, 4) is 0 Å². The number of nitrogens with one attached hydrogen (secondary N) is 1. The molecule has 108 valence electrons. The van der Waals surface area contributed by atoms with E-state index in [0.29, 0.717) is 31.0 Å². The van der Waals surface area contributed by atoms with Crippen LogP contribution < -0.4 is 5.32 Å². The Hall–Kier alpha value is -1.42. The second-order valence-electron chi connectivity index (χ2n) is 6.29. The van der Waals surface area contributed by atoms with E-state index in [1.807, 2.05) is 30.3 Å². The number of aromatic nitrogens is 1. The van der Waals surface area contributed by atoms with Gasteiger partial charge in [0.15, 0.2) is 0 Å². The van der Waals surface area contributed by atoms with Crippen molar-refractivity contribution in [1.82, 2.24) is 15.2 Å². The zero-order valence-corrected chi connectivity index (χ0v) is 12.1. The van der Waals surface area contributed by atoms with Crippen LogP contribution in [0.5, 0.6) is 0 Å². The van der Waals surface area contributed by atoms with Gasteiger partial charge in [-0.15, -0.1) is 0 Å². The Morgan fingerprint density at radius 3 is 2.80 bits per heavy atom. The quantitative estimate of drug-likeness (QED) is 0.912. The topological polar surface area (TPSA) is 45.2 Å². The lowest BCUT2D eigenvalue weighted by molar-refractivity contribution is -0.131. The number of fused-ring (bicyclic) bond motifs is 2. The molecule has 20 heavy (non-hydrogen) atoms. The first kappa shape index (κ1) is 13.6. The largest absolute Gasteiger partial charge is 0.341 e. The van der Waals surface area contributed by atoms with Crippen LogP contribution in [0.3, 0.4) is 0 Å². The maximum absolute atomic E-state index is 12.3. The molecule has 0 spiro atoms. The Morgan fingerprint density at radius 2 is 2.15 bits per heavy atom. The van der Waals surface area contributed by atoms with Crippen LogP contribution in [-0.2, 0) is 11.3 Å². The van der Waals surface area contributed by atoms with Crippen molar-refractivity contribution in [3.63, 3.8) is 0 Å². The van der Waals surface area contributed by atoms with Crippen molar-refractivity contribution >= 4 is 5.91 Å². The maximum atomic E-state index is 12.3. The standard InChI is InChI=1S/C16H23N3O/c1-19(11-12-3-2-6-17-10-12)16(20)9-13-7-14-4-5-15(8-13)18-14/h2-3,6,10,13-15,18H,4-5,7-9,11H2,1H3. The van der Waals surface area contributed by atoms with Gasteiger partial charge in [-0.1, -0.05) is 6.07 Å². The minimum atomic E-state index is 0.264. The van der Waals surface area contributed by atoms with Crippen molar-refractivity contribution in [2.24, 2.45) is 5.92 Å². The lowest BCUT2D eigenvalue weighted by Crippen LogP contribution is -2.39. The third kappa shape index (κ3) is 3.18. The minimum absolute atomic E-state index is 0.264. The lowest BCUT2D eigenvalue weighted by Gasteiger charge is -2.30. The normalized spacial score (nSPS) is 28.4. The molecule has 2 bridgehead atoms. The van der Waals surface area contributed by atoms with E-state index in [9.17, 15) is 4.79 Å². The Balaban J connectivity index is 1.51. The molecule has 2 atom stereocenters. The third-order valence-electron chi connectivity index (χ3n) is 4.60. The van der Waals surface area contributed by atoms with E-state index in [2.05, 4.69) is 10.3 Å². The number of carbonyl (C=O) groups is 1. The van der Waals surface area contributed by atoms with Gasteiger partial charge < -0.3 is 10.2 Å². The molecule has 0 aliphatic carbocycles. The smallest absolute Gasteiger partial charge is 0.222 e. The second kappa shape index (κ2) is 5.92. The highest BCUT2D eigenvalue weighted by atomic mass is 16.2. The van der Waals surface area contributed by atoms with E-state index in [1.165, 1.54) is 25.7 Å². The van der Waals surface area contributed by atoms with Crippen LogP contribution >= 0.6 is 0 Å². The Labute approximate surface area is 120 Å². The molecule has 1 aromatic rings. The van der Waals surface area contributed by atoms with Crippen molar-refractivity contribution in [2.75, 3.05) is 7.05 Å². The average Bonchev–Trinajstić information content (AvgIpc) is 2.79. The fourth-order valence-electron chi connectivity index (χ4n) is 3.60. The van der Waals surface area contributed by atoms with Gasteiger partial charge in [0.2, 0.25) is 5.91 Å². The molecule has 2 fully saturated rings. The van der Waals surface area contributed by atoms with Gasteiger partial charge >= 0.3 is 0 Å². The summed E-state index contributed by atoms with van der Waals surface area (Å²) < 4.78 is 0. The zero-order valence-electron chi connectivity index (χ0n) is 12.1. The van der Waals surface area contributed by atoms with E-state index >= 15 is 0 Å². The SMILES string of the molecule is CN(Cc1cccnc1)C(=O)CC1CC2CCC(C1)N2. The fraction of sp³-hybridized carbons (Fsp3) is 0.625. The van der Waals surface area contributed by atoms with Crippen molar-refractivity contribution in [1.29, 1.82) is 0 Å². The molecule has 1 N–H and O–H groups in total. The van der Waals surface area contributed by atoms with Gasteiger partial charge in [-0.05, 0) is 43.2 Å². The van der Waals surface area contributed by atoms with E-state index in [0.717, 1.165) is 5.56 Å². The van der Waals surface area contributed by atoms with Gasteiger partial charge in [0.1, 0.15) is 0 Å². The molecule has 4 heteroatoms. The predicted molar refractivity (Wildman–Crippen MR) is 78.0 cm³/mol. The Kier molecular flexibility index (Phi) is 4.01. The molecule has 0 saturated carbocycles. The highest BCUT2D eigenvalue weighted by Crippen LogP contribution is 2.32. The molecule has 1 aromatic heterocycles. The van der Waals surface area contributed by atoms with Crippen molar-refractivity contribution in [3.05, 3.63) is 30.1 Å². The molecule has 3 heterocycles. The lowest BCUT2D eigenvalue weighted by atomic mass is 9.89. The number of rotatable bonds is 4. The number of nitrogens with zero attached hydrogens (tertiary/aromatic N) is 2. The second-order valence-corrected chi connectivity index (χ2v) is 6.29. The number of carbonyl (C=O) groups excluding carboxylic acids is 1. The highest BCUT2D eigenvalue weighted by Gasteiger charge is 2.34. The number of pyridine rings is 1.